The van der Waals surface area contributed by atoms with E-state index in [0.717, 1.165) is 42.1 Å². The van der Waals surface area contributed by atoms with Crippen molar-refractivity contribution < 1.29 is 13.5 Å². The minimum Gasteiger partial charge on any atom is -0.494 e. The normalized spacial score (nSPS) is 25.9. The maximum Gasteiger partial charge on any atom is 0.201 e. The molecule has 2 aliphatic rings. The van der Waals surface area contributed by atoms with Crippen LogP contribution in [0.3, 0.4) is 0 Å². The Bertz CT molecular complexity index is 923. The zero-order valence-electron chi connectivity index (χ0n) is 20.0. The van der Waals surface area contributed by atoms with Crippen molar-refractivity contribution in [3.63, 3.8) is 0 Å². The molecule has 33 heavy (non-hydrogen) atoms. The van der Waals surface area contributed by atoms with Gasteiger partial charge in [0.05, 0.1) is 12.8 Å². The topological polar surface area (TPSA) is 22.1 Å². The Morgan fingerprint density at radius 1 is 0.909 bits per heavy atom. The number of methoxy groups -OCH3 is 1. The third kappa shape index (κ3) is 6.02. The lowest BCUT2D eigenvalue weighted by atomic mass is 9.69. The standard InChI is InChI=1S/C29H37F2NO/c1-20-7-12-23(13-8-20)24-14-9-21(10-15-24)5-3-4-6-22-11-17-26(32-19-22)25-16-18-27(33-2)29(31)28(25)30/h3,5,11,16-21,23-24H,4,6-10,12-15H2,1-2H3/b5-3+. The van der Waals surface area contributed by atoms with Crippen LogP contribution in [0.1, 0.15) is 70.3 Å². The molecule has 4 rings (SSSR count). The maximum atomic E-state index is 14.3. The highest BCUT2D eigenvalue weighted by Gasteiger charge is 2.29. The summed E-state index contributed by atoms with van der Waals surface area (Å²) in [5, 5.41) is 0. The molecule has 0 saturated heterocycles. The van der Waals surface area contributed by atoms with E-state index in [1.165, 1.54) is 70.6 Å². The second-order valence-electron chi connectivity index (χ2n) is 10.2. The van der Waals surface area contributed by atoms with Gasteiger partial charge in [-0.2, -0.15) is 4.39 Å². The van der Waals surface area contributed by atoms with E-state index in [2.05, 4.69) is 24.1 Å². The molecule has 2 saturated carbocycles. The first-order valence-corrected chi connectivity index (χ1v) is 12.7. The lowest BCUT2D eigenvalue weighted by molar-refractivity contribution is 0.160. The van der Waals surface area contributed by atoms with Gasteiger partial charge in [-0.25, -0.2) is 4.39 Å². The molecule has 1 heterocycles. The number of pyridine rings is 1. The van der Waals surface area contributed by atoms with Gasteiger partial charge in [0.15, 0.2) is 11.6 Å². The maximum absolute atomic E-state index is 14.3. The average molecular weight is 454 g/mol. The number of aryl methyl sites for hydroxylation is 1. The largest absolute Gasteiger partial charge is 0.494 e. The smallest absolute Gasteiger partial charge is 0.201 e. The van der Waals surface area contributed by atoms with Crippen molar-refractivity contribution >= 4 is 0 Å². The van der Waals surface area contributed by atoms with Crippen LogP contribution in [0.15, 0.2) is 42.6 Å². The number of aromatic nitrogens is 1. The quantitative estimate of drug-likeness (QED) is 0.395. The minimum absolute atomic E-state index is 0.100. The monoisotopic (exact) mass is 453 g/mol. The molecule has 0 N–H and O–H groups in total. The van der Waals surface area contributed by atoms with Crippen LogP contribution in [0.4, 0.5) is 8.78 Å². The predicted octanol–water partition coefficient (Wildman–Crippen LogP) is 8.16. The highest BCUT2D eigenvalue weighted by molar-refractivity contribution is 5.61. The molecule has 0 amide bonds. The lowest BCUT2D eigenvalue weighted by Crippen LogP contribution is -2.24. The summed E-state index contributed by atoms with van der Waals surface area (Å²) in [7, 11) is 1.32. The van der Waals surface area contributed by atoms with Crippen molar-refractivity contribution in [1.82, 2.24) is 4.98 Å². The van der Waals surface area contributed by atoms with Crippen LogP contribution in [-0.4, -0.2) is 12.1 Å². The number of nitrogens with zero attached hydrogens (tertiary/aromatic N) is 1. The number of allylic oxidation sites excluding steroid dienone is 2. The highest BCUT2D eigenvalue weighted by Crippen LogP contribution is 2.41. The molecule has 0 spiro atoms. The fourth-order valence-electron chi connectivity index (χ4n) is 5.72. The lowest BCUT2D eigenvalue weighted by Gasteiger charge is -2.36. The molecule has 1 aromatic heterocycles. The van der Waals surface area contributed by atoms with E-state index >= 15 is 0 Å². The Morgan fingerprint density at radius 2 is 1.61 bits per heavy atom. The SMILES string of the molecule is COc1ccc(-c2ccc(CC/C=C/C3CCC(C4CCC(C)CC4)CC3)cn2)c(F)c1F. The van der Waals surface area contributed by atoms with E-state index in [0.29, 0.717) is 5.69 Å². The Hall–Kier alpha value is -2.23. The van der Waals surface area contributed by atoms with E-state index < -0.39 is 11.6 Å². The molecule has 2 nitrogen and oxygen atoms in total. The van der Waals surface area contributed by atoms with Crippen molar-refractivity contribution in [2.75, 3.05) is 7.11 Å². The van der Waals surface area contributed by atoms with Gasteiger partial charge in [-0.05, 0) is 98.8 Å². The summed E-state index contributed by atoms with van der Waals surface area (Å²) in [5.74, 6) is 1.63. The molecule has 0 atom stereocenters. The second kappa shape index (κ2) is 11.3. The average Bonchev–Trinajstić information content (AvgIpc) is 2.85. The van der Waals surface area contributed by atoms with Crippen LogP contribution in [0.25, 0.3) is 11.3 Å². The molecular formula is C29H37F2NO. The van der Waals surface area contributed by atoms with Crippen LogP contribution in [-0.2, 0) is 6.42 Å². The van der Waals surface area contributed by atoms with E-state index in [1.807, 2.05) is 6.07 Å². The van der Waals surface area contributed by atoms with Crippen LogP contribution >= 0.6 is 0 Å². The van der Waals surface area contributed by atoms with Crippen molar-refractivity contribution in [2.24, 2.45) is 23.7 Å². The minimum atomic E-state index is -0.978. The van der Waals surface area contributed by atoms with Crippen molar-refractivity contribution in [1.29, 1.82) is 0 Å². The van der Waals surface area contributed by atoms with Crippen LogP contribution in [0, 0.1) is 35.3 Å². The fourth-order valence-corrected chi connectivity index (χ4v) is 5.72. The molecule has 0 aliphatic heterocycles. The molecule has 2 aliphatic carbocycles. The van der Waals surface area contributed by atoms with E-state index in [4.69, 9.17) is 4.74 Å². The summed E-state index contributed by atoms with van der Waals surface area (Å²) >= 11 is 0. The first-order chi connectivity index (χ1) is 16.0. The molecule has 178 valence electrons. The van der Waals surface area contributed by atoms with Crippen molar-refractivity contribution in [3.05, 3.63) is 59.8 Å². The van der Waals surface area contributed by atoms with Crippen molar-refractivity contribution in [3.8, 4) is 17.0 Å². The first kappa shape index (κ1) is 23.9. The summed E-state index contributed by atoms with van der Waals surface area (Å²) in [6.45, 7) is 2.41. The van der Waals surface area contributed by atoms with E-state index in [9.17, 15) is 8.78 Å². The first-order valence-electron chi connectivity index (χ1n) is 12.7. The summed E-state index contributed by atoms with van der Waals surface area (Å²) < 4.78 is 33.1. The van der Waals surface area contributed by atoms with Crippen LogP contribution in [0.2, 0.25) is 0 Å². The molecule has 2 fully saturated rings. The zero-order chi connectivity index (χ0) is 23.2. The number of halogens is 2. The van der Waals surface area contributed by atoms with Gasteiger partial charge < -0.3 is 4.74 Å². The van der Waals surface area contributed by atoms with Gasteiger partial charge in [0.25, 0.3) is 0 Å². The number of rotatable bonds is 7. The number of ether oxygens (including phenoxy) is 1. The van der Waals surface area contributed by atoms with Gasteiger partial charge in [0.2, 0.25) is 5.82 Å². The third-order valence-electron chi connectivity index (χ3n) is 7.92. The van der Waals surface area contributed by atoms with Gasteiger partial charge in [0, 0.05) is 11.8 Å². The summed E-state index contributed by atoms with van der Waals surface area (Å²) in [5.41, 5.74) is 1.68. The third-order valence-corrected chi connectivity index (χ3v) is 7.92. The second-order valence-corrected chi connectivity index (χ2v) is 10.2. The van der Waals surface area contributed by atoms with Gasteiger partial charge >= 0.3 is 0 Å². The Kier molecular flexibility index (Phi) is 8.16. The molecular weight excluding hydrogens is 416 g/mol. The number of benzene rings is 1. The Labute approximate surface area is 197 Å². The summed E-state index contributed by atoms with van der Waals surface area (Å²) in [6.07, 6.45) is 19.7. The Balaban J connectivity index is 1.22. The predicted molar refractivity (Wildman–Crippen MR) is 130 cm³/mol. The summed E-state index contributed by atoms with van der Waals surface area (Å²) in [6, 6.07) is 6.65. The molecule has 0 unspecified atom stereocenters. The fraction of sp³-hybridized carbons (Fsp3) is 0.552. The Morgan fingerprint density at radius 3 is 2.24 bits per heavy atom. The summed E-state index contributed by atoms with van der Waals surface area (Å²) in [4.78, 5) is 4.36. The molecule has 0 bridgehead atoms. The molecule has 4 heteroatoms. The van der Waals surface area contributed by atoms with E-state index in [-0.39, 0.29) is 11.3 Å². The highest BCUT2D eigenvalue weighted by atomic mass is 19.2. The van der Waals surface area contributed by atoms with Crippen molar-refractivity contribution in [2.45, 2.75) is 71.1 Å². The van der Waals surface area contributed by atoms with Gasteiger partial charge in [-0.15, -0.1) is 0 Å². The molecule has 2 aromatic rings. The molecule has 0 radical (unpaired) electrons. The zero-order valence-corrected chi connectivity index (χ0v) is 20.0. The molecule has 1 aromatic carbocycles. The number of hydrogen-bond acceptors (Lipinski definition) is 2. The van der Waals surface area contributed by atoms with E-state index in [1.54, 1.807) is 12.3 Å². The number of hydrogen-bond donors (Lipinski definition) is 0. The van der Waals surface area contributed by atoms with Gasteiger partial charge in [-0.3, -0.25) is 4.98 Å². The van der Waals surface area contributed by atoms with Gasteiger partial charge in [0.1, 0.15) is 0 Å². The van der Waals surface area contributed by atoms with Crippen LogP contribution in [0.5, 0.6) is 5.75 Å². The van der Waals surface area contributed by atoms with Crippen LogP contribution < -0.4 is 4.74 Å². The van der Waals surface area contributed by atoms with Gasteiger partial charge in [-0.1, -0.05) is 38.0 Å².